The first-order valence-corrected chi connectivity index (χ1v) is 11.8. The van der Waals surface area contributed by atoms with Crippen LogP contribution in [0.1, 0.15) is 42.7 Å². The van der Waals surface area contributed by atoms with Gasteiger partial charge < -0.3 is 19.1 Å². The SMILES string of the molecule is C=CCOc1ccc(C2C(=C(O)c3ccc(OCCCC)cc3)C(=O)C(=O)N2c2cc(C)on2)cc1. The van der Waals surface area contributed by atoms with Gasteiger partial charge in [-0.3, -0.25) is 14.5 Å². The van der Waals surface area contributed by atoms with E-state index in [1.807, 2.05) is 0 Å². The molecule has 0 aliphatic carbocycles. The highest BCUT2D eigenvalue weighted by atomic mass is 16.5. The van der Waals surface area contributed by atoms with E-state index in [1.165, 1.54) is 4.90 Å². The summed E-state index contributed by atoms with van der Waals surface area (Å²) in [5, 5.41) is 15.2. The van der Waals surface area contributed by atoms with E-state index in [-0.39, 0.29) is 17.2 Å². The number of aromatic nitrogens is 1. The van der Waals surface area contributed by atoms with Gasteiger partial charge in [0.1, 0.15) is 29.6 Å². The minimum Gasteiger partial charge on any atom is -0.507 e. The van der Waals surface area contributed by atoms with Gasteiger partial charge in [-0.15, -0.1) is 0 Å². The molecule has 0 saturated carbocycles. The van der Waals surface area contributed by atoms with Crippen LogP contribution in [0.25, 0.3) is 5.76 Å². The van der Waals surface area contributed by atoms with Crippen molar-refractivity contribution in [3.63, 3.8) is 0 Å². The number of aliphatic hydroxyl groups is 1. The zero-order valence-electron chi connectivity index (χ0n) is 20.3. The molecule has 1 saturated heterocycles. The van der Waals surface area contributed by atoms with Crippen LogP contribution in [0.4, 0.5) is 5.82 Å². The highest BCUT2D eigenvalue weighted by Crippen LogP contribution is 2.42. The van der Waals surface area contributed by atoms with Crippen molar-refractivity contribution in [1.82, 2.24) is 5.16 Å². The third-order valence-electron chi connectivity index (χ3n) is 5.76. The van der Waals surface area contributed by atoms with Crippen LogP contribution in [0, 0.1) is 6.92 Å². The van der Waals surface area contributed by atoms with E-state index in [0.717, 1.165) is 12.8 Å². The number of hydrogen-bond acceptors (Lipinski definition) is 7. The van der Waals surface area contributed by atoms with Crippen LogP contribution in [-0.4, -0.2) is 35.2 Å². The van der Waals surface area contributed by atoms with Gasteiger partial charge in [0.25, 0.3) is 5.78 Å². The third-order valence-corrected chi connectivity index (χ3v) is 5.76. The fraction of sp³-hybridized carbons (Fsp3) is 0.250. The number of anilines is 1. The summed E-state index contributed by atoms with van der Waals surface area (Å²) in [7, 11) is 0. The molecule has 1 atom stereocenters. The van der Waals surface area contributed by atoms with Crippen molar-refractivity contribution in [2.75, 3.05) is 18.1 Å². The van der Waals surface area contributed by atoms with Crippen molar-refractivity contribution >= 4 is 23.3 Å². The summed E-state index contributed by atoms with van der Waals surface area (Å²) in [4.78, 5) is 27.6. The van der Waals surface area contributed by atoms with E-state index in [2.05, 4.69) is 18.7 Å². The largest absolute Gasteiger partial charge is 0.507 e. The third kappa shape index (κ3) is 5.02. The molecule has 2 heterocycles. The van der Waals surface area contributed by atoms with Crippen molar-refractivity contribution in [2.24, 2.45) is 0 Å². The Balaban J connectivity index is 1.76. The fourth-order valence-corrected chi connectivity index (χ4v) is 3.95. The molecule has 1 aliphatic heterocycles. The van der Waals surface area contributed by atoms with Crippen LogP contribution < -0.4 is 14.4 Å². The number of rotatable bonds is 10. The van der Waals surface area contributed by atoms with Crippen LogP contribution in [0.5, 0.6) is 11.5 Å². The Bertz CT molecular complexity index is 1270. The molecule has 1 aromatic heterocycles. The Morgan fingerprint density at radius 1 is 1.11 bits per heavy atom. The number of aryl methyl sites for hydroxylation is 1. The summed E-state index contributed by atoms with van der Waals surface area (Å²) < 4.78 is 16.4. The number of benzene rings is 2. The molecule has 8 nitrogen and oxygen atoms in total. The Morgan fingerprint density at radius 2 is 1.78 bits per heavy atom. The summed E-state index contributed by atoms with van der Waals surface area (Å²) in [5.74, 6) is 0.0300. The molecule has 3 aromatic rings. The van der Waals surface area contributed by atoms with Crippen LogP contribution >= 0.6 is 0 Å². The minimum atomic E-state index is -0.913. The van der Waals surface area contributed by atoms with Gasteiger partial charge in [0.05, 0.1) is 18.2 Å². The number of ether oxygens (including phenoxy) is 2. The van der Waals surface area contributed by atoms with E-state index in [9.17, 15) is 14.7 Å². The minimum absolute atomic E-state index is 0.0416. The van der Waals surface area contributed by atoms with Crippen LogP contribution in [0.3, 0.4) is 0 Å². The number of amides is 1. The van der Waals surface area contributed by atoms with E-state index >= 15 is 0 Å². The Hall–Kier alpha value is -4.33. The molecule has 0 radical (unpaired) electrons. The number of Topliss-reactive ketones (excluding diaryl/α,β-unsaturated/α-hetero) is 1. The lowest BCUT2D eigenvalue weighted by Gasteiger charge is -2.23. The molecule has 186 valence electrons. The molecule has 1 unspecified atom stereocenters. The second-order valence-electron chi connectivity index (χ2n) is 8.36. The molecule has 0 bridgehead atoms. The molecule has 36 heavy (non-hydrogen) atoms. The molecule has 2 aromatic carbocycles. The van der Waals surface area contributed by atoms with Gasteiger partial charge >= 0.3 is 5.91 Å². The monoisotopic (exact) mass is 488 g/mol. The van der Waals surface area contributed by atoms with E-state index < -0.39 is 17.7 Å². The first-order valence-electron chi connectivity index (χ1n) is 11.8. The van der Waals surface area contributed by atoms with Gasteiger partial charge in [0, 0.05) is 11.6 Å². The zero-order valence-corrected chi connectivity index (χ0v) is 20.3. The summed E-state index contributed by atoms with van der Waals surface area (Å²) in [6, 6.07) is 14.4. The predicted octanol–water partition coefficient (Wildman–Crippen LogP) is 5.35. The zero-order chi connectivity index (χ0) is 25.7. The highest BCUT2D eigenvalue weighted by molar-refractivity contribution is 6.51. The van der Waals surface area contributed by atoms with Gasteiger partial charge in [-0.1, -0.05) is 43.3 Å². The average Bonchev–Trinajstić information content (AvgIpc) is 3.43. The molecule has 0 spiro atoms. The van der Waals surface area contributed by atoms with Gasteiger partial charge in [0.2, 0.25) is 0 Å². The quantitative estimate of drug-likeness (QED) is 0.135. The Morgan fingerprint density at radius 3 is 2.39 bits per heavy atom. The first-order chi connectivity index (χ1) is 17.4. The van der Waals surface area contributed by atoms with E-state index in [1.54, 1.807) is 67.6 Å². The lowest BCUT2D eigenvalue weighted by molar-refractivity contribution is -0.132. The lowest BCUT2D eigenvalue weighted by atomic mass is 9.95. The van der Waals surface area contributed by atoms with E-state index in [4.69, 9.17) is 14.0 Å². The molecule has 1 amide bonds. The number of carbonyl (C=O) groups excluding carboxylic acids is 2. The second-order valence-corrected chi connectivity index (χ2v) is 8.36. The van der Waals surface area contributed by atoms with Crippen LogP contribution in [0.2, 0.25) is 0 Å². The van der Waals surface area contributed by atoms with Crippen molar-refractivity contribution in [3.8, 4) is 11.5 Å². The van der Waals surface area contributed by atoms with Gasteiger partial charge in [-0.2, -0.15) is 0 Å². The number of hydrogen-bond donors (Lipinski definition) is 1. The highest BCUT2D eigenvalue weighted by Gasteiger charge is 2.48. The van der Waals surface area contributed by atoms with Gasteiger partial charge in [-0.25, -0.2) is 0 Å². The number of carbonyl (C=O) groups is 2. The number of ketones is 1. The maximum atomic E-state index is 13.2. The summed E-state index contributed by atoms with van der Waals surface area (Å²) in [6.07, 6.45) is 3.59. The van der Waals surface area contributed by atoms with Crippen LogP contribution in [-0.2, 0) is 9.59 Å². The summed E-state index contributed by atoms with van der Waals surface area (Å²) in [6.45, 7) is 8.35. The topological polar surface area (TPSA) is 102 Å². The summed E-state index contributed by atoms with van der Waals surface area (Å²) in [5.41, 5.74) is 0.949. The molecular weight excluding hydrogens is 460 g/mol. The maximum absolute atomic E-state index is 13.2. The lowest BCUT2D eigenvalue weighted by Crippen LogP contribution is -2.29. The van der Waals surface area contributed by atoms with Crippen molar-refractivity contribution in [3.05, 3.63) is 89.7 Å². The molecular formula is C28H28N2O6. The number of nitrogens with zero attached hydrogens (tertiary/aromatic N) is 2. The van der Waals surface area contributed by atoms with Gasteiger partial charge in [-0.05, 0) is 55.3 Å². The number of unbranched alkanes of at least 4 members (excludes halogenated alkanes) is 1. The van der Waals surface area contributed by atoms with Crippen molar-refractivity contribution in [1.29, 1.82) is 0 Å². The predicted molar refractivity (Wildman–Crippen MR) is 135 cm³/mol. The molecule has 1 fully saturated rings. The molecule has 8 heteroatoms. The van der Waals surface area contributed by atoms with Gasteiger partial charge in [0.15, 0.2) is 5.82 Å². The fourth-order valence-electron chi connectivity index (χ4n) is 3.95. The molecule has 1 N–H and O–H groups in total. The van der Waals surface area contributed by atoms with E-state index in [0.29, 0.717) is 41.6 Å². The standard InChI is InChI=1S/C28H28N2O6/c1-4-6-16-35-22-13-9-20(10-14-22)26(31)24-25(19-7-11-21(12-8-19)34-15-5-2)30(28(33)27(24)32)23-17-18(3)36-29-23/h5,7-14,17,25,31H,2,4,6,15-16H2,1,3H3. The normalized spacial score (nSPS) is 16.8. The Kier molecular flexibility index (Phi) is 7.53. The second kappa shape index (κ2) is 10.9. The smallest absolute Gasteiger partial charge is 0.301 e. The van der Waals surface area contributed by atoms with Crippen LogP contribution in [0.15, 0.2) is 77.3 Å². The summed E-state index contributed by atoms with van der Waals surface area (Å²) >= 11 is 0. The first kappa shape index (κ1) is 24.8. The Labute approximate surface area is 209 Å². The van der Waals surface area contributed by atoms with Crippen molar-refractivity contribution in [2.45, 2.75) is 32.7 Å². The average molecular weight is 489 g/mol. The molecule has 1 aliphatic rings. The maximum Gasteiger partial charge on any atom is 0.301 e. The number of aliphatic hydroxyl groups excluding tert-OH is 1. The molecule has 4 rings (SSSR count). The van der Waals surface area contributed by atoms with Crippen molar-refractivity contribution < 1.29 is 28.7 Å².